The first kappa shape index (κ1) is 12.5. The number of nitrogens with one attached hydrogen (secondary N) is 1. The van der Waals surface area contributed by atoms with Crippen LogP contribution in [0.15, 0.2) is 0 Å². The van der Waals surface area contributed by atoms with E-state index in [-0.39, 0.29) is 24.5 Å². The first-order valence-electron chi connectivity index (χ1n) is 5.59. The van der Waals surface area contributed by atoms with Gasteiger partial charge in [-0.1, -0.05) is 13.3 Å². The fourth-order valence-electron chi connectivity index (χ4n) is 2.18. The molecular formula is C11H21NO3. The predicted molar refractivity (Wildman–Crippen MR) is 57.4 cm³/mol. The molecule has 2 N–H and O–H groups in total. The van der Waals surface area contributed by atoms with Crippen molar-refractivity contribution in [2.24, 2.45) is 11.8 Å². The molecule has 0 aliphatic heterocycles. The Bertz CT molecular complexity index is 208. The van der Waals surface area contributed by atoms with Gasteiger partial charge in [-0.15, -0.1) is 0 Å². The minimum absolute atomic E-state index is 0.0658. The molecule has 3 atom stereocenters. The number of rotatable bonds is 5. The summed E-state index contributed by atoms with van der Waals surface area (Å²) in [6, 6.07) is -0.268. The second kappa shape index (κ2) is 6.08. The van der Waals surface area contributed by atoms with Crippen LogP contribution in [0.25, 0.3) is 0 Å². The molecule has 3 unspecified atom stereocenters. The van der Waals surface area contributed by atoms with Crippen LogP contribution in [0, 0.1) is 11.8 Å². The molecule has 1 saturated carbocycles. The van der Waals surface area contributed by atoms with Crippen LogP contribution in [0.1, 0.15) is 26.2 Å². The maximum absolute atomic E-state index is 11.8. The van der Waals surface area contributed by atoms with E-state index in [9.17, 15) is 4.79 Å². The monoisotopic (exact) mass is 215 g/mol. The lowest BCUT2D eigenvalue weighted by Crippen LogP contribution is -2.44. The molecule has 0 aromatic heterocycles. The summed E-state index contributed by atoms with van der Waals surface area (Å²) in [4.78, 5) is 11.8. The molecule has 1 aliphatic rings. The summed E-state index contributed by atoms with van der Waals surface area (Å²) in [6.45, 7) is 2.41. The van der Waals surface area contributed by atoms with Gasteiger partial charge in [0.05, 0.1) is 19.3 Å². The van der Waals surface area contributed by atoms with Gasteiger partial charge >= 0.3 is 0 Å². The number of ether oxygens (including phenoxy) is 1. The van der Waals surface area contributed by atoms with E-state index in [0.717, 1.165) is 19.3 Å². The van der Waals surface area contributed by atoms with Gasteiger partial charge < -0.3 is 15.2 Å². The third kappa shape index (κ3) is 3.47. The van der Waals surface area contributed by atoms with Gasteiger partial charge in [0.25, 0.3) is 0 Å². The lowest BCUT2D eigenvalue weighted by atomic mass is 9.97. The third-order valence-electron chi connectivity index (χ3n) is 3.13. The quantitative estimate of drug-likeness (QED) is 0.704. The highest BCUT2D eigenvalue weighted by molar-refractivity contribution is 5.79. The van der Waals surface area contributed by atoms with Gasteiger partial charge in [0.1, 0.15) is 0 Å². The molecule has 0 heterocycles. The molecule has 1 amide bonds. The molecule has 4 nitrogen and oxygen atoms in total. The largest absolute Gasteiger partial charge is 0.394 e. The van der Waals surface area contributed by atoms with Crippen LogP contribution in [-0.2, 0) is 9.53 Å². The fraction of sp³-hybridized carbons (Fsp3) is 0.909. The normalized spacial score (nSPS) is 27.7. The van der Waals surface area contributed by atoms with E-state index < -0.39 is 0 Å². The predicted octanol–water partition coefficient (Wildman–Crippen LogP) is 0.546. The number of amides is 1. The Hall–Kier alpha value is -0.610. The van der Waals surface area contributed by atoms with E-state index in [1.165, 1.54) is 0 Å². The highest BCUT2D eigenvalue weighted by atomic mass is 16.5. The SMILES string of the molecule is COCC(CO)NC(=O)C1CCCC1C. The van der Waals surface area contributed by atoms with Crippen molar-refractivity contribution in [2.45, 2.75) is 32.2 Å². The summed E-state index contributed by atoms with van der Waals surface area (Å²) >= 11 is 0. The molecule has 0 aromatic rings. The van der Waals surface area contributed by atoms with Crippen LogP contribution in [0.5, 0.6) is 0 Å². The minimum Gasteiger partial charge on any atom is -0.394 e. The van der Waals surface area contributed by atoms with Gasteiger partial charge in [-0.2, -0.15) is 0 Å². The third-order valence-corrected chi connectivity index (χ3v) is 3.13. The molecule has 1 fully saturated rings. The molecule has 0 aromatic carbocycles. The Morgan fingerprint density at radius 3 is 2.80 bits per heavy atom. The van der Waals surface area contributed by atoms with E-state index in [0.29, 0.717) is 12.5 Å². The standard InChI is InChI=1S/C11H21NO3/c1-8-4-3-5-10(8)11(14)12-9(6-13)7-15-2/h8-10,13H,3-7H2,1-2H3,(H,12,14). The van der Waals surface area contributed by atoms with E-state index in [1.807, 2.05) is 0 Å². The second-order valence-corrected chi connectivity index (χ2v) is 4.36. The molecule has 1 aliphatic carbocycles. The van der Waals surface area contributed by atoms with Crippen LogP contribution in [0.2, 0.25) is 0 Å². The van der Waals surface area contributed by atoms with Crippen molar-refractivity contribution in [3.05, 3.63) is 0 Å². The van der Waals surface area contributed by atoms with Gasteiger partial charge in [-0.3, -0.25) is 4.79 Å². The molecule has 4 heteroatoms. The summed E-state index contributed by atoms with van der Waals surface area (Å²) < 4.78 is 4.91. The first-order chi connectivity index (χ1) is 7.19. The average molecular weight is 215 g/mol. The maximum atomic E-state index is 11.8. The molecule has 88 valence electrons. The fourth-order valence-corrected chi connectivity index (χ4v) is 2.18. The first-order valence-corrected chi connectivity index (χ1v) is 5.59. The Labute approximate surface area is 91.0 Å². The number of methoxy groups -OCH3 is 1. The van der Waals surface area contributed by atoms with Gasteiger partial charge in [0.2, 0.25) is 5.91 Å². The highest BCUT2D eigenvalue weighted by Gasteiger charge is 2.30. The number of carbonyl (C=O) groups excluding carboxylic acids is 1. The van der Waals surface area contributed by atoms with E-state index in [4.69, 9.17) is 9.84 Å². The van der Waals surface area contributed by atoms with Crippen molar-refractivity contribution >= 4 is 5.91 Å². The summed E-state index contributed by atoms with van der Waals surface area (Å²) in [6.07, 6.45) is 3.23. The minimum atomic E-state index is -0.268. The van der Waals surface area contributed by atoms with Gasteiger partial charge in [0, 0.05) is 13.0 Å². The number of aliphatic hydroxyl groups is 1. The van der Waals surface area contributed by atoms with Crippen molar-refractivity contribution in [1.29, 1.82) is 0 Å². The van der Waals surface area contributed by atoms with E-state index in [2.05, 4.69) is 12.2 Å². The summed E-state index contributed by atoms with van der Waals surface area (Å²) in [5.74, 6) is 0.652. The Morgan fingerprint density at radius 2 is 2.33 bits per heavy atom. The smallest absolute Gasteiger partial charge is 0.223 e. The number of hydrogen-bond donors (Lipinski definition) is 2. The molecule has 0 bridgehead atoms. The molecule has 15 heavy (non-hydrogen) atoms. The molecule has 0 radical (unpaired) electrons. The zero-order valence-corrected chi connectivity index (χ0v) is 9.53. The lowest BCUT2D eigenvalue weighted by molar-refractivity contribution is -0.127. The molecular weight excluding hydrogens is 194 g/mol. The van der Waals surface area contributed by atoms with Crippen LogP contribution < -0.4 is 5.32 Å². The van der Waals surface area contributed by atoms with Crippen molar-refractivity contribution < 1.29 is 14.6 Å². The highest BCUT2D eigenvalue weighted by Crippen LogP contribution is 2.31. The molecule has 0 spiro atoms. The van der Waals surface area contributed by atoms with Gasteiger partial charge in [-0.25, -0.2) is 0 Å². The van der Waals surface area contributed by atoms with Crippen LogP contribution in [0.4, 0.5) is 0 Å². The Morgan fingerprint density at radius 1 is 1.60 bits per heavy atom. The zero-order valence-electron chi connectivity index (χ0n) is 9.53. The summed E-state index contributed by atoms with van der Waals surface area (Å²) in [5, 5.41) is 11.8. The van der Waals surface area contributed by atoms with Crippen molar-refractivity contribution in [3.8, 4) is 0 Å². The molecule has 1 rings (SSSR count). The summed E-state index contributed by atoms with van der Waals surface area (Å²) in [5.41, 5.74) is 0. The van der Waals surface area contributed by atoms with Gasteiger partial charge in [-0.05, 0) is 18.8 Å². The van der Waals surface area contributed by atoms with E-state index in [1.54, 1.807) is 7.11 Å². The lowest BCUT2D eigenvalue weighted by Gasteiger charge is -2.20. The topological polar surface area (TPSA) is 58.6 Å². The van der Waals surface area contributed by atoms with Crippen LogP contribution in [-0.4, -0.2) is 37.4 Å². The van der Waals surface area contributed by atoms with E-state index >= 15 is 0 Å². The Kier molecular flexibility index (Phi) is 5.05. The van der Waals surface area contributed by atoms with Crippen molar-refractivity contribution in [2.75, 3.05) is 20.3 Å². The van der Waals surface area contributed by atoms with Crippen LogP contribution in [0.3, 0.4) is 0 Å². The maximum Gasteiger partial charge on any atom is 0.223 e. The van der Waals surface area contributed by atoms with Crippen molar-refractivity contribution in [1.82, 2.24) is 5.32 Å². The number of aliphatic hydroxyl groups excluding tert-OH is 1. The van der Waals surface area contributed by atoms with Gasteiger partial charge in [0.15, 0.2) is 0 Å². The Balaban J connectivity index is 2.39. The number of carbonyl (C=O) groups is 1. The average Bonchev–Trinajstić information content (AvgIpc) is 2.63. The number of hydrogen-bond acceptors (Lipinski definition) is 3. The van der Waals surface area contributed by atoms with Crippen LogP contribution >= 0.6 is 0 Å². The summed E-state index contributed by atoms with van der Waals surface area (Å²) in [7, 11) is 1.56. The van der Waals surface area contributed by atoms with Crippen molar-refractivity contribution in [3.63, 3.8) is 0 Å². The zero-order chi connectivity index (χ0) is 11.3. The molecule has 0 saturated heterocycles. The second-order valence-electron chi connectivity index (χ2n) is 4.36.